The number of pyridine rings is 1. The van der Waals surface area contributed by atoms with Gasteiger partial charge < -0.3 is 0 Å². The lowest BCUT2D eigenvalue weighted by Gasteiger charge is -2.33. The Morgan fingerprint density at radius 3 is 2.47 bits per heavy atom. The van der Waals surface area contributed by atoms with Gasteiger partial charge in [-0.3, -0.25) is 4.98 Å². The van der Waals surface area contributed by atoms with E-state index in [1.54, 1.807) is 18.4 Å². The molecule has 0 atom stereocenters. The number of aromatic nitrogens is 1. The van der Waals surface area contributed by atoms with Crippen molar-refractivity contribution in [3.63, 3.8) is 0 Å². The summed E-state index contributed by atoms with van der Waals surface area (Å²) < 4.78 is 26.9. The van der Waals surface area contributed by atoms with Crippen LogP contribution in [0.2, 0.25) is 0 Å². The molecule has 0 aromatic carbocycles. The first-order valence-corrected chi connectivity index (χ1v) is 7.91. The first-order valence-electron chi connectivity index (χ1n) is 6.51. The highest BCUT2D eigenvalue weighted by molar-refractivity contribution is 7.86. The molecular weight excluding hydrogens is 262 g/mol. The molecule has 0 unspecified atom stereocenters. The summed E-state index contributed by atoms with van der Waals surface area (Å²) in [6.45, 7) is 3.16. The fraction of sp³-hybridized carbons (Fsp3) is 0.615. The van der Waals surface area contributed by atoms with E-state index in [-0.39, 0.29) is 0 Å². The third-order valence-corrected chi connectivity index (χ3v) is 5.57. The van der Waals surface area contributed by atoms with E-state index in [1.807, 2.05) is 19.2 Å². The second-order valence-electron chi connectivity index (χ2n) is 5.19. The molecule has 2 heterocycles. The van der Waals surface area contributed by atoms with Crippen molar-refractivity contribution < 1.29 is 8.42 Å². The molecule has 6 heteroatoms. The van der Waals surface area contributed by atoms with Gasteiger partial charge in [0.2, 0.25) is 0 Å². The van der Waals surface area contributed by atoms with Crippen molar-refractivity contribution in [2.45, 2.75) is 25.7 Å². The highest BCUT2D eigenvalue weighted by Crippen LogP contribution is 2.29. The quantitative estimate of drug-likeness (QED) is 0.842. The van der Waals surface area contributed by atoms with E-state index in [0.717, 1.165) is 18.5 Å². The van der Waals surface area contributed by atoms with Crippen LogP contribution in [0, 0.1) is 6.92 Å². The van der Waals surface area contributed by atoms with Crippen LogP contribution in [-0.2, 0) is 10.2 Å². The van der Waals surface area contributed by atoms with Crippen LogP contribution in [0.5, 0.6) is 0 Å². The second-order valence-corrected chi connectivity index (χ2v) is 7.34. The summed E-state index contributed by atoms with van der Waals surface area (Å²) in [6.07, 6.45) is 3.57. The van der Waals surface area contributed by atoms with Gasteiger partial charge in [0.15, 0.2) is 0 Å². The van der Waals surface area contributed by atoms with Crippen LogP contribution in [0.25, 0.3) is 0 Å². The molecule has 1 aliphatic heterocycles. The van der Waals surface area contributed by atoms with Gasteiger partial charge in [-0.15, -0.1) is 0 Å². The van der Waals surface area contributed by atoms with E-state index in [2.05, 4.69) is 11.1 Å². The Balaban J connectivity index is 2.04. The van der Waals surface area contributed by atoms with Crippen LogP contribution in [0.1, 0.15) is 30.0 Å². The Kier molecular flexibility index (Phi) is 4.23. The Hall–Kier alpha value is -0.980. The summed E-state index contributed by atoms with van der Waals surface area (Å²) in [5, 5.41) is 0. The molecule has 0 bridgehead atoms. The van der Waals surface area contributed by atoms with Crippen LogP contribution in [-0.4, -0.2) is 49.2 Å². The van der Waals surface area contributed by atoms with Gasteiger partial charge in [-0.1, -0.05) is 0 Å². The van der Waals surface area contributed by atoms with Crippen LogP contribution in [0.4, 0.5) is 0 Å². The zero-order chi connectivity index (χ0) is 14.0. The molecule has 1 fully saturated rings. The molecular formula is C13H21N3O2S. The fourth-order valence-corrected chi connectivity index (χ4v) is 3.61. The summed E-state index contributed by atoms with van der Waals surface area (Å²) >= 11 is 0. The maximum Gasteiger partial charge on any atom is 0.281 e. The molecule has 1 aliphatic rings. The number of hydrogen-bond acceptors (Lipinski definition) is 3. The van der Waals surface area contributed by atoms with Gasteiger partial charge in [-0.25, -0.2) is 0 Å². The lowest BCUT2D eigenvalue weighted by Crippen LogP contribution is -2.44. The summed E-state index contributed by atoms with van der Waals surface area (Å²) in [6, 6.07) is 4.13. The molecule has 0 aliphatic carbocycles. The van der Waals surface area contributed by atoms with E-state index in [1.165, 1.54) is 9.87 Å². The Morgan fingerprint density at radius 1 is 1.32 bits per heavy atom. The van der Waals surface area contributed by atoms with Gasteiger partial charge in [0, 0.05) is 39.1 Å². The monoisotopic (exact) mass is 283 g/mol. The highest BCUT2D eigenvalue weighted by Gasteiger charge is 2.29. The summed E-state index contributed by atoms with van der Waals surface area (Å²) in [5.41, 5.74) is 2.29. The predicted molar refractivity (Wildman–Crippen MR) is 75.1 cm³/mol. The maximum atomic E-state index is 12.0. The second kappa shape index (κ2) is 5.56. The largest absolute Gasteiger partial charge is 0.281 e. The summed E-state index contributed by atoms with van der Waals surface area (Å²) in [7, 11) is -0.105. The van der Waals surface area contributed by atoms with Crippen molar-refractivity contribution in [1.82, 2.24) is 13.6 Å². The van der Waals surface area contributed by atoms with Gasteiger partial charge in [-0.2, -0.15) is 17.0 Å². The molecule has 19 heavy (non-hydrogen) atoms. The molecule has 5 nitrogen and oxygen atoms in total. The zero-order valence-corrected chi connectivity index (χ0v) is 12.5. The van der Waals surface area contributed by atoms with Crippen LogP contribution < -0.4 is 0 Å². The van der Waals surface area contributed by atoms with E-state index >= 15 is 0 Å². The Morgan fingerprint density at radius 2 is 1.95 bits per heavy atom. The minimum absolute atomic E-state index is 0.440. The first-order chi connectivity index (χ1) is 8.91. The van der Waals surface area contributed by atoms with E-state index in [9.17, 15) is 8.42 Å². The molecule has 1 saturated heterocycles. The van der Waals surface area contributed by atoms with Gasteiger partial charge in [0.25, 0.3) is 10.2 Å². The molecule has 1 aromatic rings. The van der Waals surface area contributed by atoms with E-state index in [0.29, 0.717) is 19.0 Å². The molecule has 0 amide bonds. The van der Waals surface area contributed by atoms with Gasteiger partial charge in [-0.05, 0) is 43.4 Å². The smallest absolute Gasteiger partial charge is 0.262 e. The lowest BCUT2D eigenvalue weighted by atomic mass is 9.90. The average molecular weight is 283 g/mol. The van der Waals surface area contributed by atoms with Crippen LogP contribution in [0.3, 0.4) is 0 Å². The number of hydrogen-bond donors (Lipinski definition) is 0. The molecule has 0 N–H and O–H groups in total. The predicted octanol–water partition coefficient (Wildman–Crippen LogP) is 1.38. The standard InChI is InChI=1S/C13H21N3O2S/c1-11-10-13(4-7-14-11)12-5-8-16(9-6-12)19(17,18)15(2)3/h4,7,10,12H,5-6,8-9H2,1-3H3. The number of rotatable bonds is 3. The SMILES string of the molecule is Cc1cc(C2CCN(S(=O)(=O)N(C)C)CC2)ccn1. The first kappa shape index (κ1) is 14.4. The summed E-state index contributed by atoms with van der Waals surface area (Å²) in [5.74, 6) is 0.440. The van der Waals surface area contributed by atoms with Crippen molar-refractivity contribution in [2.75, 3.05) is 27.2 Å². The van der Waals surface area contributed by atoms with Crippen LogP contribution in [0.15, 0.2) is 18.3 Å². The zero-order valence-electron chi connectivity index (χ0n) is 11.7. The fourth-order valence-electron chi connectivity index (χ4n) is 2.47. The van der Waals surface area contributed by atoms with Gasteiger partial charge in [0.1, 0.15) is 0 Å². The van der Waals surface area contributed by atoms with Crippen LogP contribution >= 0.6 is 0 Å². The Bertz CT molecular complexity index is 535. The number of piperidine rings is 1. The normalized spacial score (nSPS) is 18.9. The summed E-state index contributed by atoms with van der Waals surface area (Å²) in [4.78, 5) is 4.20. The van der Waals surface area contributed by atoms with Gasteiger partial charge in [0.05, 0.1) is 0 Å². The Labute approximate surface area is 115 Å². The molecule has 0 spiro atoms. The van der Waals surface area contributed by atoms with Gasteiger partial charge >= 0.3 is 0 Å². The highest BCUT2D eigenvalue weighted by atomic mass is 32.2. The van der Waals surface area contributed by atoms with Crippen molar-refractivity contribution in [3.8, 4) is 0 Å². The van der Waals surface area contributed by atoms with E-state index in [4.69, 9.17) is 0 Å². The molecule has 0 radical (unpaired) electrons. The molecule has 0 saturated carbocycles. The number of nitrogens with zero attached hydrogens (tertiary/aromatic N) is 3. The topological polar surface area (TPSA) is 53.5 Å². The minimum Gasteiger partial charge on any atom is -0.262 e. The lowest BCUT2D eigenvalue weighted by molar-refractivity contribution is 0.302. The molecule has 2 rings (SSSR count). The molecule has 1 aromatic heterocycles. The molecule has 106 valence electrons. The average Bonchev–Trinajstić information content (AvgIpc) is 2.38. The third kappa shape index (κ3) is 3.13. The van der Waals surface area contributed by atoms with E-state index < -0.39 is 10.2 Å². The maximum absolute atomic E-state index is 12.0. The number of aryl methyl sites for hydroxylation is 1. The van der Waals surface area contributed by atoms with Crippen molar-refractivity contribution in [2.24, 2.45) is 0 Å². The van der Waals surface area contributed by atoms with Crippen molar-refractivity contribution >= 4 is 10.2 Å². The van der Waals surface area contributed by atoms with Crippen molar-refractivity contribution in [3.05, 3.63) is 29.6 Å². The minimum atomic E-state index is -3.26. The van der Waals surface area contributed by atoms with Crippen molar-refractivity contribution in [1.29, 1.82) is 0 Å². The third-order valence-electron chi connectivity index (χ3n) is 3.63.